The standard InChI is InChI=1S/C49H58I9N9O21/c1-64(8-17(74)11-68)46(85)25-29(50)23(32(53)39(35(25)56)62-42(81)21(78)15-72)43(82)59-4-6-67(49(88)28-31(52)27(48(87)66(3)10-19(76)13-70)34(55)38(37(28)58)61-22(79)16-73)7-5-60-44(83)24-30(51)26(47(86)65(2)9-18(75)12-69)36(57)40(33(24)54)63-45(84)41(80)20(77)14-71/h17-21,41,68-78,80H,4-16H2,1-3H3,(H,59,82)(H,60,83)(H,61,79)(H,62,81)(H,63,84). The van der Waals surface area contributed by atoms with Gasteiger partial charge in [-0.3, -0.25) is 43.2 Å². The Balaban J connectivity index is 2.35. The number of aliphatic hydroxyl groups is 12. The number of amides is 9. The third-order valence-electron chi connectivity index (χ3n) is 12.2. The number of nitrogens with zero attached hydrogens (tertiary/aromatic N) is 4. The van der Waals surface area contributed by atoms with Gasteiger partial charge in [0.2, 0.25) is 5.91 Å². The molecule has 3 aromatic rings. The summed E-state index contributed by atoms with van der Waals surface area (Å²) in [6, 6.07) is 0. The van der Waals surface area contributed by atoms with Crippen LogP contribution in [0, 0.1) is 32.1 Å². The molecule has 0 aromatic heterocycles. The molecule has 0 heterocycles. The third kappa shape index (κ3) is 20.5. The van der Waals surface area contributed by atoms with Crippen molar-refractivity contribution in [2.24, 2.45) is 0 Å². The van der Waals surface area contributed by atoms with Gasteiger partial charge in [-0.1, -0.05) is 0 Å². The molecule has 9 amide bonds. The summed E-state index contributed by atoms with van der Waals surface area (Å²) in [4.78, 5) is 131. The first-order valence-electron chi connectivity index (χ1n) is 25.0. The lowest BCUT2D eigenvalue weighted by Crippen LogP contribution is -2.44. The van der Waals surface area contributed by atoms with E-state index in [9.17, 15) is 99.6 Å². The normalized spacial score (nSPS) is 13.3. The summed E-state index contributed by atoms with van der Waals surface area (Å²) in [5, 5.41) is 132. The molecule has 0 aliphatic heterocycles. The second kappa shape index (κ2) is 37.9. The molecule has 0 radical (unpaired) electrons. The van der Waals surface area contributed by atoms with Crippen LogP contribution in [-0.2, 0) is 14.4 Å². The second-order valence-electron chi connectivity index (χ2n) is 18.6. The van der Waals surface area contributed by atoms with Gasteiger partial charge in [-0.25, -0.2) is 0 Å². The molecule has 17 N–H and O–H groups in total. The van der Waals surface area contributed by atoms with Crippen LogP contribution in [0.3, 0.4) is 0 Å². The van der Waals surface area contributed by atoms with E-state index in [2.05, 4.69) is 26.6 Å². The molecule has 6 atom stereocenters. The first-order valence-corrected chi connectivity index (χ1v) is 34.7. The molecule has 0 saturated carbocycles. The molecule has 3 aromatic carbocycles. The van der Waals surface area contributed by atoms with Crippen molar-refractivity contribution in [3.8, 4) is 0 Å². The number of carbonyl (C=O) groups is 9. The highest BCUT2D eigenvalue weighted by Gasteiger charge is 2.36. The summed E-state index contributed by atoms with van der Waals surface area (Å²) in [6.45, 7) is -8.23. The molecule has 88 heavy (non-hydrogen) atoms. The SMILES string of the molecule is CN(CC(O)CO)C(=O)c1c(I)c(NC(=O)C(O)CO)c(I)c(C(=O)NCCN(CCNC(=O)c2c(I)c(NC(=O)C(O)C(O)CO)c(I)c(C(=O)N(C)CC(O)CO)c2I)C(=O)c2c(I)c(NC(=O)CO)c(I)c(C(=O)N(C)CC(O)CO)c2I)c1I. The summed E-state index contributed by atoms with van der Waals surface area (Å²) >= 11 is 15.5. The van der Waals surface area contributed by atoms with E-state index < -0.39 is 169 Å². The Morgan fingerprint density at radius 2 is 0.705 bits per heavy atom. The van der Waals surface area contributed by atoms with Crippen molar-refractivity contribution in [1.29, 1.82) is 0 Å². The summed E-state index contributed by atoms with van der Waals surface area (Å²) < 4.78 is 0.225. The van der Waals surface area contributed by atoms with Crippen molar-refractivity contribution >= 4 is 274 Å². The lowest BCUT2D eigenvalue weighted by molar-refractivity contribution is -0.131. The smallest absolute Gasteiger partial charge is 0.256 e. The van der Waals surface area contributed by atoms with Crippen LogP contribution in [0.4, 0.5) is 17.1 Å². The van der Waals surface area contributed by atoms with E-state index >= 15 is 4.79 Å². The van der Waals surface area contributed by atoms with E-state index in [1.165, 1.54) is 21.1 Å². The Morgan fingerprint density at radius 3 is 1.02 bits per heavy atom. The molecule has 0 bridgehead atoms. The summed E-state index contributed by atoms with van der Waals surface area (Å²) in [7, 11) is 3.89. The average Bonchev–Trinajstić information content (AvgIpc) is 0.806. The topological polar surface area (TPSA) is 470 Å². The van der Waals surface area contributed by atoms with E-state index in [1.807, 2.05) is 0 Å². The summed E-state index contributed by atoms with van der Waals surface area (Å²) in [6.07, 6.45) is -10.3. The minimum absolute atomic E-state index is 0.00719. The number of halogens is 9. The van der Waals surface area contributed by atoms with Crippen LogP contribution < -0.4 is 26.6 Å². The predicted molar refractivity (Wildman–Crippen MR) is 390 cm³/mol. The lowest BCUT2D eigenvalue weighted by atomic mass is 10.1. The van der Waals surface area contributed by atoms with E-state index in [4.69, 9.17) is 0 Å². The fraction of sp³-hybridized carbons (Fsp3) is 0.449. The molecule has 0 saturated heterocycles. The number of likely N-dealkylation sites (N-methyl/N-ethyl adjacent to an activating group) is 3. The van der Waals surface area contributed by atoms with Gasteiger partial charge in [-0.2, -0.15) is 0 Å². The van der Waals surface area contributed by atoms with E-state index in [1.54, 1.807) is 203 Å². The molecular weight excluding hydrogens is 2190 g/mol. The van der Waals surface area contributed by atoms with Gasteiger partial charge in [0.05, 0.1) is 123 Å². The second-order valence-corrected chi connectivity index (χ2v) is 28.4. The highest BCUT2D eigenvalue weighted by atomic mass is 127. The molecule has 0 spiro atoms. The maximum atomic E-state index is 15.4. The Morgan fingerprint density at radius 1 is 0.398 bits per heavy atom. The quantitative estimate of drug-likeness (QED) is 0.0341. The number of anilines is 3. The molecule has 30 nitrogen and oxygen atoms in total. The van der Waals surface area contributed by atoms with Crippen molar-refractivity contribution in [2.45, 2.75) is 36.6 Å². The van der Waals surface area contributed by atoms with Crippen molar-refractivity contribution in [2.75, 3.05) is 123 Å². The minimum Gasteiger partial charge on any atom is -0.394 e. The minimum atomic E-state index is -2.20. The Kier molecular flexibility index (Phi) is 35.0. The third-order valence-corrected chi connectivity index (χ3v) is 21.9. The van der Waals surface area contributed by atoms with Crippen LogP contribution in [-0.4, -0.2) is 277 Å². The zero-order valence-electron chi connectivity index (χ0n) is 45.9. The first kappa shape index (κ1) is 81.2. The van der Waals surface area contributed by atoms with Gasteiger partial charge in [0, 0.05) is 77.7 Å². The number of rotatable bonds is 30. The Hall–Kier alpha value is -1.02. The molecule has 0 fully saturated rings. The van der Waals surface area contributed by atoms with Gasteiger partial charge in [-0.05, 0) is 203 Å². The fourth-order valence-corrected chi connectivity index (χ4v) is 20.7. The van der Waals surface area contributed by atoms with Crippen LogP contribution in [0.25, 0.3) is 0 Å². The zero-order chi connectivity index (χ0) is 67.1. The van der Waals surface area contributed by atoms with Gasteiger partial charge in [0.25, 0.3) is 47.3 Å². The maximum absolute atomic E-state index is 15.4. The van der Waals surface area contributed by atoms with Crippen molar-refractivity contribution < 1.29 is 104 Å². The van der Waals surface area contributed by atoms with Crippen LogP contribution in [0.2, 0.25) is 0 Å². The van der Waals surface area contributed by atoms with Gasteiger partial charge in [0.1, 0.15) is 12.7 Å². The molecule has 0 aliphatic rings. The van der Waals surface area contributed by atoms with Crippen LogP contribution in [0.1, 0.15) is 62.1 Å². The zero-order valence-corrected chi connectivity index (χ0v) is 65.3. The van der Waals surface area contributed by atoms with Crippen molar-refractivity contribution in [3.63, 3.8) is 0 Å². The highest BCUT2D eigenvalue weighted by Crippen LogP contribution is 2.40. The number of aliphatic hydroxyl groups excluding tert-OH is 12. The van der Waals surface area contributed by atoms with Crippen molar-refractivity contribution in [3.05, 3.63) is 65.5 Å². The van der Waals surface area contributed by atoms with Crippen LogP contribution in [0.5, 0.6) is 0 Å². The average molecular weight is 2250 g/mol. The number of nitrogens with one attached hydrogen (secondary N) is 5. The molecule has 0 aliphatic carbocycles. The van der Waals surface area contributed by atoms with Gasteiger partial charge < -0.3 is 107 Å². The van der Waals surface area contributed by atoms with Crippen LogP contribution in [0.15, 0.2) is 0 Å². The van der Waals surface area contributed by atoms with Gasteiger partial charge in [-0.15, -0.1) is 0 Å². The Labute approximate surface area is 624 Å². The Bertz CT molecular complexity index is 3160. The number of hydrogen-bond donors (Lipinski definition) is 17. The first-order chi connectivity index (χ1) is 41.1. The number of benzene rings is 3. The van der Waals surface area contributed by atoms with Gasteiger partial charge >= 0.3 is 0 Å². The summed E-state index contributed by atoms with van der Waals surface area (Å²) in [5.41, 5.74) is -1.68. The molecule has 488 valence electrons. The summed E-state index contributed by atoms with van der Waals surface area (Å²) in [5.74, 6) is -8.45. The predicted octanol–water partition coefficient (Wildman–Crippen LogP) is -1.42. The number of hydrogen-bond acceptors (Lipinski definition) is 21. The highest BCUT2D eigenvalue weighted by molar-refractivity contribution is 14.1. The van der Waals surface area contributed by atoms with E-state index in [0.29, 0.717) is 0 Å². The van der Waals surface area contributed by atoms with Crippen LogP contribution >= 0.6 is 203 Å². The molecular formula is C49H58I9N9O21. The van der Waals surface area contributed by atoms with E-state index in [-0.39, 0.29) is 89.1 Å². The lowest BCUT2D eigenvalue weighted by Gasteiger charge is -2.28. The molecule has 3 rings (SSSR count). The monoisotopic (exact) mass is 2250 g/mol. The largest absolute Gasteiger partial charge is 0.394 e. The molecule has 6 unspecified atom stereocenters. The van der Waals surface area contributed by atoms with E-state index in [0.717, 1.165) is 19.6 Å². The molecule has 39 heteroatoms. The maximum Gasteiger partial charge on any atom is 0.256 e. The fourth-order valence-electron chi connectivity index (χ4n) is 7.61. The number of carbonyl (C=O) groups excluding carboxylic acids is 9. The van der Waals surface area contributed by atoms with Gasteiger partial charge in [0.15, 0.2) is 12.2 Å². The van der Waals surface area contributed by atoms with Crippen molar-refractivity contribution in [1.82, 2.24) is 30.2 Å².